The Labute approximate surface area is 126 Å². The van der Waals surface area contributed by atoms with Crippen LogP contribution in [0.5, 0.6) is 0 Å². The molecule has 0 bridgehead atoms. The highest BCUT2D eigenvalue weighted by atomic mass is 35.5. The minimum atomic E-state index is -0.533. The fourth-order valence-electron chi connectivity index (χ4n) is 1.50. The van der Waals surface area contributed by atoms with Crippen molar-refractivity contribution in [2.45, 2.75) is 0 Å². The molecule has 21 heavy (non-hydrogen) atoms. The summed E-state index contributed by atoms with van der Waals surface area (Å²) in [4.78, 5) is 19.8. The summed E-state index contributed by atoms with van der Waals surface area (Å²) in [5.41, 5.74) is 11.8. The van der Waals surface area contributed by atoms with Crippen LogP contribution in [-0.4, -0.2) is 34.1 Å². The minimum absolute atomic E-state index is 0.0267. The van der Waals surface area contributed by atoms with Gasteiger partial charge < -0.3 is 11.5 Å². The number of amides is 1. The maximum atomic E-state index is 12.2. The molecule has 1 heterocycles. The Morgan fingerprint density at radius 1 is 1.24 bits per heavy atom. The summed E-state index contributed by atoms with van der Waals surface area (Å²) < 4.78 is 0. The topological polar surface area (TPSA) is 110 Å². The first kappa shape index (κ1) is 14.7. The Morgan fingerprint density at radius 2 is 1.90 bits per heavy atom. The van der Waals surface area contributed by atoms with Crippen molar-refractivity contribution in [3.63, 3.8) is 0 Å². The van der Waals surface area contributed by atoms with E-state index in [0.717, 1.165) is 10.6 Å². The molecular formula is C13H13ClN6O. The van der Waals surface area contributed by atoms with Crippen molar-refractivity contribution in [2.75, 3.05) is 18.5 Å². The molecular weight excluding hydrogens is 292 g/mol. The van der Waals surface area contributed by atoms with Gasteiger partial charge in [-0.3, -0.25) is 4.79 Å². The quantitative estimate of drug-likeness (QED) is 0.658. The normalized spacial score (nSPS) is 10.8. The molecule has 1 aromatic carbocycles. The lowest BCUT2D eigenvalue weighted by Gasteiger charge is -2.12. The lowest BCUT2D eigenvalue weighted by molar-refractivity contribution is 0.0795. The second-order valence-corrected chi connectivity index (χ2v) is 4.48. The highest BCUT2D eigenvalue weighted by molar-refractivity contribution is 6.31. The molecule has 7 nitrogen and oxygen atoms in total. The smallest absolute Gasteiger partial charge is 0.296 e. The van der Waals surface area contributed by atoms with Crippen molar-refractivity contribution < 1.29 is 4.79 Å². The monoisotopic (exact) mass is 304 g/mol. The number of anilines is 2. The third-order valence-corrected chi connectivity index (χ3v) is 2.86. The van der Waals surface area contributed by atoms with E-state index in [2.05, 4.69) is 15.1 Å². The predicted octanol–water partition coefficient (Wildman–Crippen LogP) is 1.40. The Hall–Kier alpha value is -2.67. The van der Waals surface area contributed by atoms with Crippen LogP contribution in [0.2, 0.25) is 5.15 Å². The maximum absolute atomic E-state index is 12.2. The van der Waals surface area contributed by atoms with Gasteiger partial charge in [-0.1, -0.05) is 41.9 Å². The van der Waals surface area contributed by atoms with E-state index in [0.29, 0.717) is 0 Å². The number of nitrogen functional groups attached to an aromatic ring is 2. The number of carbonyl (C=O) groups excluding carboxylic acids is 1. The van der Waals surface area contributed by atoms with E-state index >= 15 is 0 Å². The summed E-state index contributed by atoms with van der Waals surface area (Å²) in [5.74, 6) is -0.654. The van der Waals surface area contributed by atoms with Gasteiger partial charge in [0.25, 0.3) is 5.91 Å². The van der Waals surface area contributed by atoms with E-state index in [1.807, 2.05) is 30.3 Å². The van der Waals surface area contributed by atoms with Gasteiger partial charge in [-0.2, -0.15) is 5.10 Å². The number of nitrogens with two attached hydrogens (primary N) is 2. The molecule has 108 valence electrons. The fourth-order valence-corrected chi connectivity index (χ4v) is 1.62. The lowest BCUT2D eigenvalue weighted by atomic mass is 10.2. The third-order valence-electron chi connectivity index (χ3n) is 2.58. The van der Waals surface area contributed by atoms with E-state index in [-0.39, 0.29) is 22.5 Å². The van der Waals surface area contributed by atoms with Crippen LogP contribution in [0.4, 0.5) is 11.6 Å². The number of hydrogen-bond donors (Lipinski definition) is 2. The fraction of sp³-hybridized carbons (Fsp3) is 0.0769. The van der Waals surface area contributed by atoms with Crippen molar-refractivity contribution in [1.29, 1.82) is 0 Å². The van der Waals surface area contributed by atoms with Crippen LogP contribution in [0.1, 0.15) is 16.1 Å². The van der Waals surface area contributed by atoms with Gasteiger partial charge in [0.05, 0.1) is 6.21 Å². The van der Waals surface area contributed by atoms with Crippen LogP contribution in [0, 0.1) is 0 Å². The van der Waals surface area contributed by atoms with Crippen molar-refractivity contribution in [3.8, 4) is 0 Å². The summed E-state index contributed by atoms with van der Waals surface area (Å²) in [5, 5.41) is 5.05. The lowest BCUT2D eigenvalue weighted by Crippen LogP contribution is -2.24. The van der Waals surface area contributed by atoms with E-state index in [9.17, 15) is 4.79 Å². The molecule has 0 aliphatic heterocycles. The number of halogens is 1. The zero-order valence-corrected chi connectivity index (χ0v) is 11.9. The second kappa shape index (κ2) is 6.19. The van der Waals surface area contributed by atoms with Gasteiger partial charge in [-0.05, 0) is 5.56 Å². The molecule has 4 N–H and O–H groups in total. The standard InChI is InChI=1S/C13H13ClN6O/c1-20(17-7-8-5-3-2-4-6-8)13(21)9-11(15)19-12(16)10(14)18-9/h2-7H,1H3,(H4,15,16,19)/b17-7+. The van der Waals surface area contributed by atoms with Crippen LogP contribution in [0.25, 0.3) is 0 Å². The number of nitrogens with zero attached hydrogens (tertiary/aromatic N) is 4. The van der Waals surface area contributed by atoms with Gasteiger partial charge in [0.1, 0.15) is 0 Å². The molecule has 2 aromatic rings. The van der Waals surface area contributed by atoms with E-state index in [4.69, 9.17) is 23.1 Å². The Kier molecular flexibility index (Phi) is 4.34. The van der Waals surface area contributed by atoms with Crippen LogP contribution < -0.4 is 11.5 Å². The van der Waals surface area contributed by atoms with Crippen molar-refractivity contribution in [2.24, 2.45) is 5.10 Å². The summed E-state index contributed by atoms with van der Waals surface area (Å²) in [7, 11) is 1.48. The van der Waals surface area contributed by atoms with Gasteiger partial charge in [-0.25, -0.2) is 15.0 Å². The molecule has 1 amide bonds. The van der Waals surface area contributed by atoms with Crippen LogP contribution in [0.3, 0.4) is 0 Å². The number of benzene rings is 1. The van der Waals surface area contributed by atoms with Crippen molar-refractivity contribution >= 4 is 35.4 Å². The molecule has 0 radical (unpaired) electrons. The predicted molar refractivity (Wildman–Crippen MR) is 82.0 cm³/mol. The van der Waals surface area contributed by atoms with E-state index in [1.165, 1.54) is 7.05 Å². The van der Waals surface area contributed by atoms with Crippen LogP contribution >= 0.6 is 11.6 Å². The molecule has 0 aliphatic rings. The number of rotatable bonds is 3. The molecule has 0 saturated carbocycles. The van der Waals surface area contributed by atoms with Crippen LogP contribution in [0.15, 0.2) is 35.4 Å². The average molecular weight is 305 g/mol. The van der Waals surface area contributed by atoms with Gasteiger partial charge in [0.15, 0.2) is 22.5 Å². The van der Waals surface area contributed by atoms with Gasteiger partial charge in [0, 0.05) is 7.05 Å². The van der Waals surface area contributed by atoms with E-state index in [1.54, 1.807) is 6.21 Å². The number of hydrazone groups is 1. The number of aromatic nitrogens is 2. The summed E-state index contributed by atoms with van der Waals surface area (Å²) >= 11 is 5.74. The third kappa shape index (κ3) is 3.46. The van der Waals surface area contributed by atoms with Gasteiger partial charge >= 0.3 is 0 Å². The zero-order valence-electron chi connectivity index (χ0n) is 11.2. The molecule has 8 heteroatoms. The zero-order chi connectivity index (χ0) is 15.4. The highest BCUT2D eigenvalue weighted by Crippen LogP contribution is 2.18. The summed E-state index contributed by atoms with van der Waals surface area (Å²) in [6.07, 6.45) is 1.54. The maximum Gasteiger partial charge on any atom is 0.296 e. The largest absolute Gasteiger partial charge is 0.382 e. The van der Waals surface area contributed by atoms with Gasteiger partial charge in [0.2, 0.25) is 0 Å². The first-order valence-corrected chi connectivity index (χ1v) is 6.32. The molecule has 1 aromatic heterocycles. The SMILES string of the molecule is CN(/N=C/c1ccccc1)C(=O)c1nc(Cl)c(N)nc1N. The Balaban J connectivity index is 2.20. The molecule has 0 unspecified atom stereocenters. The van der Waals surface area contributed by atoms with E-state index < -0.39 is 5.91 Å². The minimum Gasteiger partial charge on any atom is -0.382 e. The van der Waals surface area contributed by atoms with Crippen molar-refractivity contribution in [3.05, 3.63) is 46.7 Å². The first-order valence-electron chi connectivity index (χ1n) is 5.94. The molecule has 0 fully saturated rings. The first-order chi connectivity index (χ1) is 9.99. The molecule has 2 rings (SSSR count). The average Bonchev–Trinajstić information content (AvgIpc) is 2.49. The number of hydrogen-bond acceptors (Lipinski definition) is 6. The molecule has 0 aliphatic carbocycles. The molecule has 0 saturated heterocycles. The van der Waals surface area contributed by atoms with Crippen molar-refractivity contribution in [1.82, 2.24) is 15.0 Å². The second-order valence-electron chi connectivity index (χ2n) is 4.12. The van der Waals surface area contributed by atoms with Crippen LogP contribution in [-0.2, 0) is 0 Å². The summed E-state index contributed by atoms with van der Waals surface area (Å²) in [6.45, 7) is 0. The summed E-state index contributed by atoms with van der Waals surface area (Å²) in [6, 6.07) is 9.34. The molecule has 0 atom stereocenters. The number of carbonyl (C=O) groups is 1. The Morgan fingerprint density at radius 3 is 2.57 bits per heavy atom. The molecule has 0 spiro atoms. The van der Waals surface area contributed by atoms with Gasteiger partial charge in [-0.15, -0.1) is 0 Å². The highest BCUT2D eigenvalue weighted by Gasteiger charge is 2.19. The Bertz CT molecular complexity index is 689.